The molecule has 0 aliphatic rings. The van der Waals surface area contributed by atoms with Crippen LogP contribution in [0.1, 0.15) is 27.4 Å². The SMILES string of the molecule is Cc1cccc(OCc2ccc(C(=O)Nc3ccn(Cc4ccc(F)cc4Cl)n3)o2)c1. The minimum absolute atomic E-state index is 0.152. The number of furan rings is 1. The van der Waals surface area contributed by atoms with Gasteiger partial charge in [0.1, 0.15) is 23.9 Å². The molecule has 0 atom stereocenters. The number of ether oxygens (including phenoxy) is 1. The molecule has 0 unspecified atom stereocenters. The number of hydrogen-bond donors (Lipinski definition) is 1. The zero-order valence-corrected chi connectivity index (χ0v) is 17.4. The molecule has 0 aliphatic heterocycles. The minimum Gasteiger partial charge on any atom is -0.486 e. The Morgan fingerprint density at radius 2 is 2.06 bits per heavy atom. The van der Waals surface area contributed by atoms with Crippen molar-refractivity contribution in [3.8, 4) is 5.75 Å². The number of anilines is 1. The van der Waals surface area contributed by atoms with Crippen molar-refractivity contribution in [1.82, 2.24) is 9.78 Å². The average molecular weight is 440 g/mol. The smallest absolute Gasteiger partial charge is 0.292 e. The van der Waals surface area contributed by atoms with Gasteiger partial charge in [0.2, 0.25) is 0 Å². The average Bonchev–Trinajstić information content (AvgIpc) is 3.38. The summed E-state index contributed by atoms with van der Waals surface area (Å²) >= 11 is 6.05. The molecule has 0 radical (unpaired) electrons. The number of amides is 1. The third kappa shape index (κ3) is 5.32. The predicted molar refractivity (Wildman–Crippen MR) is 115 cm³/mol. The van der Waals surface area contributed by atoms with Crippen molar-refractivity contribution in [3.05, 3.63) is 100 Å². The highest BCUT2D eigenvalue weighted by Gasteiger charge is 2.14. The largest absolute Gasteiger partial charge is 0.486 e. The number of aryl methyl sites for hydroxylation is 1. The van der Waals surface area contributed by atoms with E-state index in [4.69, 9.17) is 20.8 Å². The van der Waals surface area contributed by atoms with Crippen LogP contribution in [0, 0.1) is 12.7 Å². The second-order valence-electron chi connectivity index (χ2n) is 6.96. The van der Waals surface area contributed by atoms with E-state index in [9.17, 15) is 9.18 Å². The van der Waals surface area contributed by atoms with Crippen LogP contribution in [0.5, 0.6) is 5.75 Å². The lowest BCUT2D eigenvalue weighted by Crippen LogP contribution is -2.12. The zero-order chi connectivity index (χ0) is 21.8. The number of nitrogens with one attached hydrogen (secondary N) is 1. The van der Waals surface area contributed by atoms with Crippen molar-refractivity contribution < 1.29 is 18.3 Å². The minimum atomic E-state index is -0.424. The molecule has 1 amide bonds. The van der Waals surface area contributed by atoms with Crippen LogP contribution in [-0.2, 0) is 13.2 Å². The number of carbonyl (C=O) groups excluding carboxylic acids is 1. The highest BCUT2D eigenvalue weighted by molar-refractivity contribution is 6.31. The standard InChI is InChI=1S/C23H19ClFN3O3/c1-15-3-2-4-18(11-15)30-14-19-7-8-21(31-19)23(29)26-22-9-10-28(27-22)13-16-5-6-17(25)12-20(16)24/h2-12H,13-14H2,1H3,(H,26,27,29). The molecule has 1 N–H and O–H groups in total. The van der Waals surface area contributed by atoms with E-state index in [1.165, 1.54) is 12.1 Å². The Balaban J connectivity index is 1.34. The fourth-order valence-corrected chi connectivity index (χ4v) is 3.18. The van der Waals surface area contributed by atoms with Crippen LogP contribution < -0.4 is 10.1 Å². The summed E-state index contributed by atoms with van der Waals surface area (Å²) in [7, 11) is 0. The second kappa shape index (κ2) is 9.06. The van der Waals surface area contributed by atoms with E-state index < -0.39 is 11.7 Å². The summed E-state index contributed by atoms with van der Waals surface area (Å²) in [4.78, 5) is 12.4. The molecule has 4 rings (SSSR count). The maximum Gasteiger partial charge on any atom is 0.292 e. The van der Waals surface area contributed by atoms with Crippen LogP contribution in [0.4, 0.5) is 10.2 Å². The number of rotatable bonds is 7. The number of nitrogens with zero attached hydrogens (tertiary/aromatic N) is 2. The molecule has 2 aromatic carbocycles. The van der Waals surface area contributed by atoms with E-state index in [0.29, 0.717) is 28.7 Å². The third-order valence-electron chi connectivity index (χ3n) is 4.49. The molecule has 0 aliphatic carbocycles. The van der Waals surface area contributed by atoms with Gasteiger partial charge in [-0.05, 0) is 54.4 Å². The highest BCUT2D eigenvalue weighted by Crippen LogP contribution is 2.19. The molecular formula is C23H19ClFN3O3. The lowest BCUT2D eigenvalue weighted by atomic mass is 10.2. The van der Waals surface area contributed by atoms with Crippen LogP contribution in [0.25, 0.3) is 0 Å². The van der Waals surface area contributed by atoms with E-state index in [-0.39, 0.29) is 12.4 Å². The first kappa shape index (κ1) is 20.7. The van der Waals surface area contributed by atoms with Crippen molar-refractivity contribution in [2.45, 2.75) is 20.1 Å². The molecular weight excluding hydrogens is 421 g/mol. The van der Waals surface area contributed by atoms with Crippen LogP contribution in [0.15, 0.2) is 71.3 Å². The fraction of sp³-hybridized carbons (Fsp3) is 0.130. The summed E-state index contributed by atoms with van der Waals surface area (Å²) in [5.74, 6) is 0.949. The lowest BCUT2D eigenvalue weighted by molar-refractivity contribution is 0.0992. The number of benzene rings is 2. The number of carbonyl (C=O) groups is 1. The van der Waals surface area contributed by atoms with Gasteiger partial charge in [0.25, 0.3) is 5.91 Å². The molecule has 2 heterocycles. The van der Waals surface area contributed by atoms with Crippen molar-refractivity contribution >= 4 is 23.3 Å². The fourth-order valence-electron chi connectivity index (χ4n) is 2.96. The van der Waals surface area contributed by atoms with Gasteiger partial charge in [-0.1, -0.05) is 29.8 Å². The van der Waals surface area contributed by atoms with Gasteiger partial charge in [0.15, 0.2) is 11.6 Å². The molecule has 4 aromatic rings. The van der Waals surface area contributed by atoms with E-state index in [2.05, 4.69) is 10.4 Å². The normalized spacial score (nSPS) is 10.8. The molecule has 8 heteroatoms. The molecule has 0 saturated heterocycles. The Morgan fingerprint density at radius 3 is 2.87 bits per heavy atom. The Bertz CT molecular complexity index is 1220. The number of aromatic nitrogens is 2. The van der Waals surface area contributed by atoms with Crippen LogP contribution in [0.2, 0.25) is 5.02 Å². The van der Waals surface area contributed by atoms with Gasteiger partial charge in [-0.3, -0.25) is 9.48 Å². The first-order valence-electron chi connectivity index (χ1n) is 9.53. The molecule has 0 fully saturated rings. The zero-order valence-electron chi connectivity index (χ0n) is 16.6. The Labute approximate surface area is 183 Å². The van der Waals surface area contributed by atoms with Crippen LogP contribution in [0.3, 0.4) is 0 Å². The molecule has 0 spiro atoms. The number of hydrogen-bond acceptors (Lipinski definition) is 4. The summed E-state index contributed by atoms with van der Waals surface area (Å²) in [5.41, 5.74) is 1.81. The summed E-state index contributed by atoms with van der Waals surface area (Å²) in [6.45, 7) is 2.54. The first-order valence-corrected chi connectivity index (χ1v) is 9.91. The van der Waals surface area contributed by atoms with Gasteiger partial charge >= 0.3 is 0 Å². The molecule has 0 bridgehead atoms. The molecule has 0 saturated carbocycles. The summed E-state index contributed by atoms with van der Waals surface area (Å²) < 4.78 is 26.0. The lowest BCUT2D eigenvalue weighted by Gasteiger charge is -2.05. The summed E-state index contributed by atoms with van der Waals surface area (Å²) in [6, 6.07) is 16.8. The molecule has 31 heavy (non-hydrogen) atoms. The Kier molecular flexibility index (Phi) is 6.04. The Morgan fingerprint density at radius 1 is 1.19 bits per heavy atom. The van der Waals surface area contributed by atoms with Crippen molar-refractivity contribution in [2.24, 2.45) is 0 Å². The maximum absolute atomic E-state index is 13.2. The van der Waals surface area contributed by atoms with Gasteiger partial charge in [-0.25, -0.2) is 4.39 Å². The third-order valence-corrected chi connectivity index (χ3v) is 4.84. The van der Waals surface area contributed by atoms with Crippen molar-refractivity contribution in [2.75, 3.05) is 5.32 Å². The van der Waals surface area contributed by atoms with Gasteiger partial charge in [0.05, 0.1) is 6.54 Å². The highest BCUT2D eigenvalue weighted by atomic mass is 35.5. The van der Waals surface area contributed by atoms with Gasteiger partial charge in [-0.15, -0.1) is 0 Å². The quantitative estimate of drug-likeness (QED) is 0.415. The van der Waals surface area contributed by atoms with Gasteiger partial charge in [0, 0.05) is 17.3 Å². The summed E-state index contributed by atoms with van der Waals surface area (Å²) in [6.07, 6.45) is 1.69. The van der Waals surface area contributed by atoms with Crippen LogP contribution >= 0.6 is 11.6 Å². The van der Waals surface area contributed by atoms with Gasteiger partial charge < -0.3 is 14.5 Å². The topological polar surface area (TPSA) is 69.3 Å². The predicted octanol–water partition coefficient (Wildman–Crippen LogP) is 5.46. The maximum atomic E-state index is 13.2. The van der Waals surface area contributed by atoms with Crippen molar-refractivity contribution in [3.63, 3.8) is 0 Å². The van der Waals surface area contributed by atoms with Gasteiger partial charge in [-0.2, -0.15) is 5.10 Å². The van der Waals surface area contributed by atoms with Crippen molar-refractivity contribution in [1.29, 1.82) is 0 Å². The number of halogens is 2. The second-order valence-corrected chi connectivity index (χ2v) is 7.37. The van der Waals surface area contributed by atoms with E-state index in [0.717, 1.165) is 11.3 Å². The molecule has 6 nitrogen and oxygen atoms in total. The first-order chi connectivity index (χ1) is 15.0. The van der Waals surface area contributed by atoms with E-state index in [1.54, 1.807) is 35.1 Å². The Hall–Kier alpha value is -3.58. The molecule has 2 aromatic heterocycles. The van der Waals surface area contributed by atoms with E-state index in [1.807, 2.05) is 31.2 Å². The summed E-state index contributed by atoms with van der Waals surface area (Å²) in [5, 5.41) is 7.29. The molecule has 158 valence electrons. The van der Waals surface area contributed by atoms with Crippen LogP contribution in [-0.4, -0.2) is 15.7 Å². The monoisotopic (exact) mass is 439 g/mol. The van der Waals surface area contributed by atoms with E-state index >= 15 is 0 Å².